The number of hydrogen-bond acceptors (Lipinski definition) is 4. The van der Waals surface area contributed by atoms with Gasteiger partial charge < -0.3 is 20.7 Å². The van der Waals surface area contributed by atoms with Gasteiger partial charge in [-0.15, -0.1) is 24.0 Å². The molecule has 0 saturated heterocycles. The molecule has 2 rings (SSSR count). The maximum atomic E-state index is 13.2. The van der Waals surface area contributed by atoms with Crippen molar-refractivity contribution in [1.29, 1.82) is 0 Å². The number of aliphatic imine (C=N–C) groups is 1. The van der Waals surface area contributed by atoms with Crippen LogP contribution in [0.5, 0.6) is 5.75 Å². The van der Waals surface area contributed by atoms with Crippen molar-refractivity contribution in [2.75, 3.05) is 26.7 Å². The third kappa shape index (κ3) is 8.51. The fraction of sp³-hybridized carbons (Fsp3) is 0.316. The summed E-state index contributed by atoms with van der Waals surface area (Å²) in [4.78, 5) is 19.9. The number of guanidine groups is 1. The van der Waals surface area contributed by atoms with Crippen LogP contribution < -0.4 is 20.7 Å². The van der Waals surface area contributed by atoms with Gasteiger partial charge in [0.15, 0.2) is 5.96 Å². The smallest absolute Gasteiger partial charge is 0.252 e. The zero-order valence-electron chi connectivity index (χ0n) is 15.8. The van der Waals surface area contributed by atoms with Crippen LogP contribution in [0.2, 0.25) is 0 Å². The number of benzene rings is 1. The van der Waals surface area contributed by atoms with Gasteiger partial charge in [-0.05, 0) is 31.2 Å². The molecule has 0 bridgehead atoms. The quantitative estimate of drug-likeness (QED) is 0.224. The van der Waals surface area contributed by atoms with E-state index in [0.717, 1.165) is 0 Å². The molecule has 2 aromatic rings. The summed E-state index contributed by atoms with van der Waals surface area (Å²) in [6, 6.07) is 9.44. The second-order valence-corrected chi connectivity index (χ2v) is 5.76. The van der Waals surface area contributed by atoms with E-state index < -0.39 is 0 Å². The second-order valence-electron chi connectivity index (χ2n) is 5.76. The fourth-order valence-corrected chi connectivity index (χ4v) is 2.23. The van der Waals surface area contributed by atoms with Gasteiger partial charge in [0, 0.05) is 38.6 Å². The summed E-state index contributed by atoms with van der Waals surface area (Å²) in [5, 5.41) is 9.02. The zero-order chi connectivity index (χ0) is 19.5. The van der Waals surface area contributed by atoms with E-state index in [-0.39, 0.29) is 41.8 Å². The van der Waals surface area contributed by atoms with Crippen molar-refractivity contribution in [3.05, 3.63) is 60.2 Å². The summed E-state index contributed by atoms with van der Waals surface area (Å²) in [6.07, 6.45) is 2.95. The lowest BCUT2D eigenvalue weighted by Crippen LogP contribution is -2.44. The predicted molar refractivity (Wildman–Crippen MR) is 118 cm³/mol. The monoisotopic (exact) mass is 501 g/mol. The number of nitrogens with zero attached hydrogens (tertiary/aromatic N) is 2. The highest BCUT2D eigenvalue weighted by Gasteiger charge is 2.07. The topological polar surface area (TPSA) is 87.6 Å². The summed E-state index contributed by atoms with van der Waals surface area (Å²) in [6.45, 7) is 3.30. The molecule has 1 atom stereocenters. The number of carbonyl (C=O) groups excluding carboxylic acids is 1. The number of amides is 1. The number of pyridine rings is 1. The molecule has 7 nitrogen and oxygen atoms in total. The van der Waals surface area contributed by atoms with Crippen LogP contribution in [0.4, 0.5) is 4.39 Å². The fourth-order valence-electron chi connectivity index (χ4n) is 2.23. The molecule has 1 amide bonds. The number of halogens is 2. The number of aromatic nitrogens is 1. The summed E-state index contributed by atoms with van der Waals surface area (Å²) in [5.41, 5.74) is 0.517. The van der Waals surface area contributed by atoms with Gasteiger partial charge in [-0.1, -0.05) is 6.07 Å². The number of carbonyl (C=O) groups is 1. The summed E-state index contributed by atoms with van der Waals surface area (Å²) < 4.78 is 18.8. The molecule has 0 fully saturated rings. The number of rotatable bonds is 8. The van der Waals surface area contributed by atoms with E-state index in [0.29, 0.717) is 36.9 Å². The second kappa shape index (κ2) is 12.9. The third-order valence-corrected chi connectivity index (χ3v) is 3.54. The minimum absolute atomic E-state index is 0. The summed E-state index contributed by atoms with van der Waals surface area (Å²) in [7, 11) is 1.65. The Kier molecular flexibility index (Phi) is 10.8. The maximum Gasteiger partial charge on any atom is 0.252 e. The highest BCUT2D eigenvalue weighted by molar-refractivity contribution is 14.0. The van der Waals surface area contributed by atoms with Crippen molar-refractivity contribution in [3.8, 4) is 5.75 Å². The largest absolute Gasteiger partial charge is 0.489 e. The molecule has 0 saturated carbocycles. The minimum Gasteiger partial charge on any atom is -0.489 e. The van der Waals surface area contributed by atoms with E-state index in [1.54, 1.807) is 37.5 Å². The highest BCUT2D eigenvalue weighted by Crippen LogP contribution is 2.13. The van der Waals surface area contributed by atoms with Gasteiger partial charge in [0.2, 0.25) is 0 Å². The van der Waals surface area contributed by atoms with Gasteiger partial charge in [0.25, 0.3) is 5.91 Å². The Balaban J connectivity index is 0.00000392. The predicted octanol–water partition coefficient (Wildman–Crippen LogP) is 2.20. The van der Waals surface area contributed by atoms with Crippen LogP contribution in [0.1, 0.15) is 17.3 Å². The van der Waals surface area contributed by atoms with Crippen molar-refractivity contribution in [2.24, 2.45) is 4.99 Å². The molecule has 0 aliphatic heterocycles. The number of nitrogens with one attached hydrogen (secondary N) is 3. The van der Waals surface area contributed by atoms with Crippen LogP contribution in [0.3, 0.4) is 0 Å². The van der Waals surface area contributed by atoms with Gasteiger partial charge >= 0.3 is 0 Å². The lowest BCUT2D eigenvalue weighted by Gasteiger charge is -2.18. The molecule has 3 N–H and O–H groups in total. The van der Waals surface area contributed by atoms with E-state index in [1.165, 1.54) is 18.3 Å². The van der Waals surface area contributed by atoms with E-state index in [1.807, 2.05) is 6.92 Å². The van der Waals surface area contributed by atoms with Gasteiger partial charge in [-0.2, -0.15) is 0 Å². The zero-order valence-corrected chi connectivity index (χ0v) is 18.1. The van der Waals surface area contributed by atoms with E-state index in [2.05, 4.69) is 25.9 Å². The van der Waals surface area contributed by atoms with Crippen molar-refractivity contribution in [1.82, 2.24) is 20.9 Å². The first-order valence-electron chi connectivity index (χ1n) is 8.63. The highest BCUT2D eigenvalue weighted by atomic mass is 127. The molecule has 0 spiro atoms. The lowest BCUT2D eigenvalue weighted by molar-refractivity contribution is 0.0954. The van der Waals surface area contributed by atoms with Crippen LogP contribution in [-0.2, 0) is 0 Å². The molecule has 0 aliphatic rings. The molecular weight excluding hydrogens is 476 g/mol. The van der Waals surface area contributed by atoms with Crippen LogP contribution >= 0.6 is 24.0 Å². The standard InChI is InChI=1S/C19H24FN5O2.HI/c1-14(27-17-7-3-6-16(20)11-17)12-25-19(21-2)24-10-9-23-18(26)15-5-4-8-22-13-15;/h3-8,11,13-14H,9-10,12H2,1-2H3,(H,23,26)(H2,21,24,25);1H. The molecule has 1 heterocycles. The first-order valence-corrected chi connectivity index (χ1v) is 8.63. The normalized spacial score (nSPS) is 11.8. The van der Waals surface area contributed by atoms with Crippen molar-refractivity contribution >= 4 is 35.8 Å². The van der Waals surface area contributed by atoms with E-state index >= 15 is 0 Å². The number of hydrogen-bond donors (Lipinski definition) is 3. The minimum atomic E-state index is -0.335. The van der Waals surface area contributed by atoms with Crippen molar-refractivity contribution in [2.45, 2.75) is 13.0 Å². The Morgan fingerprint density at radius 1 is 1.21 bits per heavy atom. The molecule has 152 valence electrons. The van der Waals surface area contributed by atoms with Crippen LogP contribution in [0.15, 0.2) is 53.8 Å². The first-order chi connectivity index (χ1) is 13.1. The SMILES string of the molecule is CN=C(NCCNC(=O)c1cccnc1)NCC(C)Oc1cccc(F)c1.I. The van der Waals surface area contributed by atoms with Gasteiger partial charge in [-0.25, -0.2) is 4.39 Å². The average molecular weight is 501 g/mol. The molecule has 1 aromatic carbocycles. The Morgan fingerprint density at radius 2 is 2.00 bits per heavy atom. The van der Waals surface area contributed by atoms with Crippen LogP contribution in [0.25, 0.3) is 0 Å². The van der Waals surface area contributed by atoms with Crippen LogP contribution in [-0.4, -0.2) is 49.6 Å². The van der Waals surface area contributed by atoms with E-state index in [9.17, 15) is 9.18 Å². The summed E-state index contributed by atoms with van der Waals surface area (Å²) in [5.74, 6) is 0.550. The lowest BCUT2D eigenvalue weighted by atomic mass is 10.3. The molecule has 1 unspecified atom stereocenters. The molecule has 0 radical (unpaired) electrons. The summed E-state index contributed by atoms with van der Waals surface area (Å²) >= 11 is 0. The Hall–Kier alpha value is -2.43. The van der Waals surface area contributed by atoms with Gasteiger partial charge in [-0.3, -0.25) is 14.8 Å². The van der Waals surface area contributed by atoms with Gasteiger partial charge in [0.05, 0.1) is 12.1 Å². The third-order valence-electron chi connectivity index (χ3n) is 3.54. The average Bonchev–Trinajstić information content (AvgIpc) is 2.68. The molecular formula is C19H25FIN5O2. The Bertz CT molecular complexity index is 761. The Morgan fingerprint density at radius 3 is 2.68 bits per heavy atom. The molecule has 9 heteroatoms. The maximum absolute atomic E-state index is 13.2. The van der Waals surface area contributed by atoms with E-state index in [4.69, 9.17) is 4.74 Å². The first kappa shape index (κ1) is 23.6. The molecule has 0 aliphatic carbocycles. The molecule has 28 heavy (non-hydrogen) atoms. The van der Waals surface area contributed by atoms with Crippen molar-refractivity contribution < 1.29 is 13.9 Å². The molecule has 1 aromatic heterocycles. The van der Waals surface area contributed by atoms with Gasteiger partial charge in [0.1, 0.15) is 17.7 Å². The van der Waals surface area contributed by atoms with Crippen LogP contribution in [0, 0.1) is 5.82 Å². The van der Waals surface area contributed by atoms with Crippen molar-refractivity contribution in [3.63, 3.8) is 0 Å². The Labute approximate surface area is 181 Å². The number of ether oxygens (including phenoxy) is 1.